The second kappa shape index (κ2) is 8.71. The van der Waals surface area contributed by atoms with Crippen molar-refractivity contribution < 1.29 is 32.3 Å². The van der Waals surface area contributed by atoms with Crippen LogP contribution in [0.25, 0.3) is 0 Å². The Hall–Kier alpha value is -2.78. The van der Waals surface area contributed by atoms with Gasteiger partial charge in [-0.05, 0) is 37.5 Å². The summed E-state index contributed by atoms with van der Waals surface area (Å²) in [6, 6.07) is 3.21. The molecule has 2 saturated heterocycles. The Morgan fingerprint density at radius 2 is 1.83 bits per heavy atom. The fraction of sp³-hybridized carbons (Fsp3) is 0.526. The van der Waals surface area contributed by atoms with Crippen molar-refractivity contribution in [3.05, 3.63) is 23.8 Å². The third-order valence-corrected chi connectivity index (χ3v) is 4.90. The van der Waals surface area contributed by atoms with Gasteiger partial charge in [-0.3, -0.25) is 14.4 Å². The number of amides is 2. The lowest BCUT2D eigenvalue weighted by Crippen LogP contribution is -2.33. The highest BCUT2D eigenvalue weighted by molar-refractivity contribution is 5.96. The number of carbonyl (C=O) groups excluding carboxylic acids is 3. The van der Waals surface area contributed by atoms with Gasteiger partial charge in [0.15, 0.2) is 6.61 Å². The molecule has 1 N–H and O–H groups in total. The lowest BCUT2D eigenvalue weighted by molar-refractivity contribution is -0.150. The van der Waals surface area contributed by atoms with Crippen LogP contribution in [0.15, 0.2) is 18.2 Å². The highest BCUT2D eigenvalue weighted by atomic mass is 19.4. The molecule has 2 aliphatic heterocycles. The number of carbonyl (C=O) groups is 3. The van der Waals surface area contributed by atoms with Gasteiger partial charge in [0.25, 0.3) is 5.91 Å². The van der Waals surface area contributed by atoms with Gasteiger partial charge in [0, 0.05) is 26.1 Å². The molecule has 0 spiro atoms. The molecule has 0 unspecified atom stereocenters. The first-order valence-electron chi connectivity index (χ1n) is 9.43. The van der Waals surface area contributed by atoms with E-state index in [-0.39, 0.29) is 18.1 Å². The highest BCUT2D eigenvalue weighted by Gasteiger charge is 2.32. The maximum Gasteiger partial charge on any atom is 0.416 e. The van der Waals surface area contributed by atoms with E-state index in [4.69, 9.17) is 4.74 Å². The van der Waals surface area contributed by atoms with Crippen LogP contribution >= 0.6 is 0 Å². The summed E-state index contributed by atoms with van der Waals surface area (Å²) in [7, 11) is 0. The van der Waals surface area contributed by atoms with Crippen LogP contribution < -0.4 is 10.2 Å². The van der Waals surface area contributed by atoms with Crippen molar-refractivity contribution in [2.45, 2.75) is 31.9 Å². The predicted molar refractivity (Wildman–Crippen MR) is 98.3 cm³/mol. The molecule has 1 aromatic carbocycles. The molecule has 158 valence electrons. The predicted octanol–water partition coefficient (Wildman–Crippen LogP) is 2.41. The standard InChI is InChI=1S/C19H22F3N3O4/c20-19(21,22)13-5-6-15(24-7-1-2-8-24)14(10-13)23-16(26)12-29-18(28)11-25-9-3-4-17(25)27/h5-6,10H,1-4,7-9,11-12H2,(H,23,26). The Labute approximate surface area is 165 Å². The Balaban J connectivity index is 1.63. The van der Waals surface area contributed by atoms with Crippen LogP contribution in [0.4, 0.5) is 24.5 Å². The number of hydrogen-bond acceptors (Lipinski definition) is 5. The number of nitrogens with one attached hydrogen (secondary N) is 1. The zero-order chi connectivity index (χ0) is 21.0. The molecule has 3 rings (SSSR count). The quantitative estimate of drug-likeness (QED) is 0.725. The van der Waals surface area contributed by atoms with Gasteiger partial charge in [-0.2, -0.15) is 13.2 Å². The van der Waals surface area contributed by atoms with Gasteiger partial charge >= 0.3 is 12.1 Å². The molecule has 1 aromatic rings. The van der Waals surface area contributed by atoms with Crippen LogP contribution in [-0.2, 0) is 25.3 Å². The van der Waals surface area contributed by atoms with Crippen molar-refractivity contribution >= 4 is 29.2 Å². The molecule has 0 saturated carbocycles. The van der Waals surface area contributed by atoms with Crippen molar-refractivity contribution in [3.8, 4) is 0 Å². The average Bonchev–Trinajstić information content (AvgIpc) is 3.32. The fourth-order valence-corrected chi connectivity index (χ4v) is 3.45. The molecule has 2 amide bonds. The monoisotopic (exact) mass is 413 g/mol. The maximum absolute atomic E-state index is 13.1. The normalized spacial score (nSPS) is 17.0. The minimum atomic E-state index is -4.54. The van der Waals surface area contributed by atoms with Gasteiger partial charge in [0.05, 0.1) is 16.9 Å². The second-order valence-corrected chi connectivity index (χ2v) is 7.05. The Morgan fingerprint density at radius 1 is 1.10 bits per heavy atom. The smallest absolute Gasteiger partial charge is 0.416 e. The van der Waals surface area contributed by atoms with Crippen LogP contribution in [0.1, 0.15) is 31.2 Å². The van der Waals surface area contributed by atoms with Crippen LogP contribution in [0, 0.1) is 0 Å². The molecule has 0 radical (unpaired) electrons. The van der Waals surface area contributed by atoms with E-state index in [2.05, 4.69) is 5.32 Å². The second-order valence-electron chi connectivity index (χ2n) is 7.05. The third-order valence-electron chi connectivity index (χ3n) is 4.90. The average molecular weight is 413 g/mol. The van der Waals surface area contributed by atoms with Gasteiger partial charge in [-0.1, -0.05) is 0 Å². The molecular weight excluding hydrogens is 391 g/mol. The molecule has 10 heteroatoms. The highest BCUT2D eigenvalue weighted by Crippen LogP contribution is 2.36. The molecule has 0 atom stereocenters. The van der Waals surface area contributed by atoms with E-state index in [0.29, 0.717) is 38.2 Å². The van der Waals surface area contributed by atoms with E-state index in [0.717, 1.165) is 25.0 Å². The summed E-state index contributed by atoms with van der Waals surface area (Å²) in [5, 5.41) is 2.42. The number of halogens is 3. The van der Waals surface area contributed by atoms with Gasteiger partial charge in [-0.15, -0.1) is 0 Å². The van der Waals surface area contributed by atoms with Crippen LogP contribution in [0.3, 0.4) is 0 Å². The maximum atomic E-state index is 13.1. The van der Waals surface area contributed by atoms with E-state index in [9.17, 15) is 27.6 Å². The van der Waals surface area contributed by atoms with Crippen molar-refractivity contribution in [1.29, 1.82) is 0 Å². The lowest BCUT2D eigenvalue weighted by atomic mass is 10.1. The summed E-state index contributed by atoms with van der Waals surface area (Å²) >= 11 is 0. The van der Waals surface area contributed by atoms with Gasteiger partial charge in [-0.25, -0.2) is 0 Å². The summed E-state index contributed by atoms with van der Waals surface area (Å²) in [6.45, 7) is 0.953. The molecule has 0 aliphatic carbocycles. The first-order valence-corrected chi connectivity index (χ1v) is 9.43. The summed E-state index contributed by atoms with van der Waals surface area (Å²) in [5.74, 6) is -1.63. The van der Waals surface area contributed by atoms with Crippen molar-refractivity contribution in [2.75, 3.05) is 43.0 Å². The summed E-state index contributed by atoms with van der Waals surface area (Å²) in [4.78, 5) is 38.7. The lowest BCUT2D eigenvalue weighted by Gasteiger charge is -2.23. The summed E-state index contributed by atoms with van der Waals surface area (Å²) in [5.41, 5.74) is -0.351. The molecule has 7 nitrogen and oxygen atoms in total. The van der Waals surface area contributed by atoms with Gasteiger partial charge in [0.1, 0.15) is 6.54 Å². The molecule has 2 heterocycles. The van der Waals surface area contributed by atoms with Crippen LogP contribution in [0.2, 0.25) is 0 Å². The van der Waals surface area contributed by atoms with Gasteiger partial charge in [0.2, 0.25) is 5.91 Å². The SMILES string of the molecule is O=C(COC(=O)CN1CCCC1=O)Nc1cc(C(F)(F)F)ccc1N1CCCC1. The van der Waals surface area contributed by atoms with E-state index in [1.54, 1.807) is 0 Å². The Morgan fingerprint density at radius 3 is 2.45 bits per heavy atom. The number of nitrogens with zero attached hydrogens (tertiary/aromatic N) is 2. The van der Waals surface area contributed by atoms with Crippen molar-refractivity contribution in [2.24, 2.45) is 0 Å². The largest absolute Gasteiger partial charge is 0.454 e. The van der Waals surface area contributed by atoms with E-state index < -0.39 is 30.2 Å². The third kappa shape index (κ3) is 5.39. The van der Waals surface area contributed by atoms with Gasteiger partial charge < -0.3 is 19.9 Å². The molecule has 2 aliphatic rings. The Kier molecular flexibility index (Phi) is 6.29. The van der Waals surface area contributed by atoms with E-state index in [1.165, 1.54) is 11.0 Å². The number of esters is 1. The van der Waals surface area contributed by atoms with E-state index >= 15 is 0 Å². The Bertz CT molecular complexity index is 791. The minimum Gasteiger partial charge on any atom is -0.454 e. The molecular formula is C19H22F3N3O4. The zero-order valence-corrected chi connectivity index (χ0v) is 15.8. The first-order chi connectivity index (χ1) is 13.7. The fourth-order valence-electron chi connectivity index (χ4n) is 3.45. The van der Waals surface area contributed by atoms with Crippen molar-refractivity contribution in [3.63, 3.8) is 0 Å². The molecule has 2 fully saturated rings. The zero-order valence-electron chi connectivity index (χ0n) is 15.8. The molecule has 0 bridgehead atoms. The minimum absolute atomic E-state index is 0.0255. The summed E-state index contributed by atoms with van der Waals surface area (Å²) in [6.07, 6.45) is -1.66. The first kappa shape index (κ1) is 20.9. The van der Waals surface area contributed by atoms with Crippen LogP contribution in [-0.4, -0.2) is 55.5 Å². The molecule has 29 heavy (non-hydrogen) atoms. The number of anilines is 2. The summed E-state index contributed by atoms with van der Waals surface area (Å²) < 4.78 is 44.1. The topological polar surface area (TPSA) is 79.0 Å². The number of ether oxygens (including phenoxy) is 1. The number of hydrogen-bond donors (Lipinski definition) is 1. The van der Waals surface area contributed by atoms with Crippen LogP contribution in [0.5, 0.6) is 0 Å². The van der Waals surface area contributed by atoms with E-state index in [1.807, 2.05) is 4.90 Å². The number of alkyl halides is 3. The molecule has 0 aromatic heterocycles. The number of likely N-dealkylation sites (tertiary alicyclic amines) is 1. The van der Waals surface area contributed by atoms with Crippen molar-refractivity contribution in [1.82, 2.24) is 4.90 Å². The number of benzene rings is 1. The number of rotatable bonds is 6.